The van der Waals surface area contributed by atoms with Crippen LogP contribution in [0.4, 0.5) is 5.95 Å². The Labute approximate surface area is 154 Å². The molecule has 0 saturated carbocycles. The maximum absolute atomic E-state index is 12.4. The monoisotopic (exact) mass is 354 g/mol. The van der Waals surface area contributed by atoms with Crippen LogP contribution >= 0.6 is 0 Å². The fourth-order valence-electron chi connectivity index (χ4n) is 3.24. The van der Waals surface area contributed by atoms with E-state index >= 15 is 0 Å². The summed E-state index contributed by atoms with van der Waals surface area (Å²) < 4.78 is 0. The molecule has 0 aromatic carbocycles. The van der Waals surface area contributed by atoms with Crippen LogP contribution in [-0.2, 0) is 24.2 Å². The van der Waals surface area contributed by atoms with Crippen LogP contribution in [0.1, 0.15) is 43.6 Å². The number of carbonyl (C=O) groups is 1. The number of amides is 1. The van der Waals surface area contributed by atoms with Gasteiger partial charge in [0.1, 0.15) is 0 Å². The molecule has 1 aliphatic heterocycles. The Bertz CT molecular complexity index is 728. The van der Waals surface area contributed by atoms with Crippen molar-refractivity contribution in [3.63, 3.8) is 0 Å². The number of hydrogen-bond acceptors (Lipinski definition) is 6. The second kappa shape index (κ2) is 8.69. The number of piperidine rings is 1. The molecule has 2 aromatic heterocycles. The van der Waals surface area contributed by atoms with Crippen LogP contribution in [0.15, 0.2) is 24.5 Å². The highest BCUT2D eigenvalue weighted by Gasteiger charge is 2.26. The SMILES string of the molecule is CCc1nnc(N2CCC(C(=O)NCc3cccnc3)CC2)nc1CC. The van der Waals surface area contributed by atoms with E-state index in [0.29, 0.717) is 12.5 Å². The van der Waals surface area contributed by atoms with Gasteiger partial charge in [0.2, 0.25) is 11.9 Å². The zero-order chi connectivity index (χ0) is 18.4. The number of aromatic nitrogens is 4. The zero-order valence-electron chi connectivity index (χ0n) is 15.5. The fourth-order valence-corrected chi connectivity index (χ4v) is 3.24. The molecule has 138 valence electrons. The van der Waals surface area contributed by atoms with Gasteiger partial charge in [0.05, 0.1) is 11.4 Å². The molecule has 0 radical (unpaired) electrons. The lowest BCUT2D eigenvalue weighted by molar-refractivity contribution is -0.125. The lowest BCUT2D eigenvalue weighted by Gasteiger charge is -2.31. The summed E-state index contributed by atoms with van der Waals surface area (Å²) in [4.78, 5) is 23.3. The van der Waals surface area contributed by atoms with Gasteiger partial charge in [0.15, 0.2) is 0 Å². The molecule has 2 aromatic rings. The molecule has 1 N–H and O–H groups in total. The van der Waals surface area contributed by atoms with Crippen molar-refractivity contribution in [1.82, 2.24) is 25.5 Å². The van der Waals surface area contributed by atoms with Gasteiger partial charge in [0.25, 0.3) is 0 Å². The summed E-state index contributed by atoms with van der Waals surface area (Å²) in [6.07, 6.45) is 6.83. The molecular weight excluding hydrogens is 328 g/mol. The molecule has 1 fully saturated rings. The standard InChI is InChI=1S/C19H26N6O/c1-3-16-17(4-2)23-24-19(22-16)25-10-7-15(8-11-25)18(26)21-13-14-6-5-9-20-12-14/h5-6,9,12,15H,3-4,7-8,10-11,13H2,1-2H3,(H,21,26). The predicted octanol–water partition coefficient (Wildman–Crippen LogP) is 1.92. The largest absolute Gasteiger partial charge is 0.352 e. The molecule has 0 spiro atoms. The van der Waals surface area contributed by atoms with Crippen LogP contribution in [0, 0.1) is 5.92 Å². The van der Waals surface area contributed by atoms with Gasteiger partial charge in [-0.2, -0.15) is 5.10 Å². The van der Waals surface area contributed by atoms with Gasteiger partial charge in [-0.3, -0.25) is 9.78 Å². The summed E-state index contributed by atoms with van der Waals surface area (Å²) in [5.74, 6) is 0.841. The van der Waals surface area contributed by atoms with Crippen LogP contribution < -0.4 is 10.2 Å². The third-order valence-electron chi connectivity index (χ3n) is 4.84. The number of carbonyl (C=O) groups excluding carboxylic acids is 1. The highest BCUT2D eigenvalue weighted by atomic mass is 16.1. The van der Waals surface area contributed by atoms with E-state index in [9.17, 15) is 4.79 Å². The highest BCUT2D eigenvalue weighted by molar-refractivity contribution is 5.78. The van der Waals surface area contributed by atoms with Crippen LogP contribution in [0.5, 0.6) is 0 Å². The molecule has 1 amide bonds. The first-order valence-electron chi connectivity index (χ1n) is 9.35. The van der Waals surface area contributed by atoms with E-state index in [-0.39, 0.29) is 11.8 Å². The molecule has 3 rings (SSSR count). The minimum atomic E-state index is 0.0384. The third-order valence-corrected chi connectivity index (χ3v) is 4.84. The van der Waals surface area contributed by atoms with Gasteiger partial charge in [-0.25, -0.2) is 4.98 Å². The smallest absolute Gasteiger partial charge is 0.245 e. The molecule has 0 bridgehead atoms. The number of nitrogens with one attached hydrogen (secondary N) is 1. The Hall–Kier alpha value is -2.57. The molecule has 0 unspecified atom stereocenters. The van der Waals surface area contributed by atoms with Crippen molar-refractivity contribution >= 4 is 11.9 Å². The van der Waals surface area contributed by atoms with E-state index in [2.05, 4.69) is 44.2 Å². The second-order valence-electron chi connectivity index (χ2n) is 6.55. The molecule has 7 heteroatoms. The normalized spacial score (nSPS) is 15.1. The van der Waals surface area contributed by atoms with E-state index in [1.807, 2.05) is 12.1 Å². The topological polar surface area (TPSA) is 83.9 Å². The Kier molecular flexibility index (Phi) is 6.09. The summed E-state index contributed by atoms with van der Waals surface area (Å²) in [6, 6.07) is 3.84. The van der Waals surface area contributed by atoms with Crippen molar-refractivity contribution in [3.05, 3.63) is 41.5 Å². The zero-order valence-corrected chi connectivity index (χ0v) is 15.5. The van der Waals surface area contributed by atoms with Crippen LogP contribution in [0.25, 0.3) is 0 Å². The minimum absolute atomic E-state index is 0.0384. The average Bonchev–Trinajstić information content (AvgIpc) is 2.72. The van der Waals surface area contributed by atoms with Gasteiger partial charge in [-0.1, -0.05) is 19.9 Å². The fraction of sp³-hybridized carbons (Fsp3) is 0.526. The molecule has 7 nitrogen and oxygen atoms in total. The first-order chi connectivity index (χ1) is 12.7. The Morgan fingerprint density at radius 1 is 1.19 bits per heavy atom. The van der Waals surface area contributed by atoms with E-state index in [1.54, 1.807) is 12.4 Å². The number of pyridine rings is 1. The Morgan fingerprint density at radius 3 is 2.62 bits per heavy atom. The quantitative estimate of drug-likeness (QED) is 0.853. The molecule has 1 saturated heterocycles. The van der Waals surface area contributed by atoms with Crippen molar-refractivity contribution in [2.45, 2.75) is 46.1 Å². The van der Waals surface area contributed by atoms with E-state index in [4.69, 9.17) is 0 Å². The van der Waals surface area contributed by atoms with Crippen molar-refractivity contribution in [3.8, 4) is 0 Å². The first kappa shape index (κ1) is 18.2. The molecule has 0 aliphatic carbocycles. The van der Waals surface area contributed by atoms with Gasteiger partial charge in [0, 0.05) is 37.9 Å². The van der Waals surface area contributed by atoms with Gasteiger partial charge >= 0.3 is 0 Å². The summed E-state index contributed by atoms with van der Waals surface area (Å²) in [5, 5.41) is 11.6. The van der Waals surface area contributed by atoms with Gasteiger partial charge in [-0.15, -0.1) is 5.10 Å². The number of rotatable bonds is 6. The van der Waals surface area contributed by atoms with Crippen LogP contribution in [0.3, 0.4) is 0 Å². The average molecular weight is 354 g/mol. The second-order valence-corrected chi connectivity index (χ2v) is 6.55. The van der Waals surface area contributed by atoms with E-state index in [0.717, 1.165) is 55.7 Å². The van der Waals surface area contributed by atoms with Crippen molar-refractivity contribution < 1.29 is 4.79 Å². The van der Waals surface area contributed by atoms with Crippen molar-refractivity contribution in [2.75, 3.05) is 18.0 Å². The minimum Gasteiger partial charge on any atom is -0.352 e. The van der Waals surface area contributed by atoms with Gasteiger partial charge < -0.3 is 10.2 Å². The lowest BCUT2D eigenvalue weighted by atomic mass is 9.96. The molecule has 1 aliphatic rings. The number of hydrogen-bond donors (Lipinski definition) is 1. The first-order valence-corrected chi connectivity index (χ1v) is 9.35. The van der Waals surface area contributed by atoms with Crippen LogP contribution in [0.2, 0.25) is 0 Å². The molecule has 0 atom stereocenters. The maximum Gasteiger partial charge on any atom is 0.245 e. The van der Waals surface area contributed by atoms with Crippen molar-refractivity contribution in [2.24, 2.45) is 5.92 Å². The van der Waals surface area contributed by atoms with Gasteiger partial charge in [-0.05, 0) is 37.3 Å². The summed E-state index contributed by atoms with van der Waals surface area (Å²) in [6.45, 7) is 6.24. The lowest BCUT2D eigenvalue weighted by Crippen LogP contribution is -2.41. The Balaban J connectivity index is 1.53. The van der Waals surface area contributed by atoms with E-state index in [1.165, 1.54) is 0 Å². The summed E-state index contributed by atoms with van der Waals surface area (Å²) in [7, 11) is 0. The number of aryl methyl sites for hydroxylation is 2. The Morgan fingerprint density at radius 2 is 1.96 bits per heavy atom. The molecule has 26 heavy (non-hydrogen) atoms. The maximum atomic E-state index is 12.4. The summed E-state index contributed by atoms with van der Waals surface area (Å²) in [5.41, 5.74) is 3.01. The number of nitrogens with zero attached hydrogens (tertiary/aromatic N) is 5. The third kappa shape index (κ3) is 4.33. The molecular formula is C19H26N6O. The molecule has 3 heterocycles. The summed E-state index contributed by atoms with van der Waals surface area (Å²) >= 11 is 0. The number of anilines is 1. The van der Waals surface area contributed by atoms with Crippen LogP contribution in [-0.4, -0.2) is 39.2 Å². The predicted molar refractivity (Wildman–Crippen MR) is 99.6 cm³/mol. The highest BCUT2D eigenvalue weighted by Crippen LogP contribution is 2.21. The van der Waals surface area contributed by atoms with E-state index < -0.39 is 0 Å². The van der Waals surface area contributed by atoms with Crippen molar-refractivity contribution in [1.29, 1.82) is 0 Å².